The minimum atomic E-state index is -0.548. The van der Waals surface area contributed by atoms with Crippen molar-refractivity contribution < 1.29 is 18.7 Å². The lowest BCUT2D eigenvalue weighted by molar-refractivity contribution is 0.0663. The molecule has 1 unspecified atom stereocenters. The van der Waals surface area contributed by atoms with E-state index in [2.05, 4.69) is 6.58 Å². The number of benzene rings is 2. The number of amides is 1. The van der Waals surface area contributed by atoms with Gasteiger partial charge in [-0.15, -0.1) is 0 Å². The summed E-state index contributed by atoms with van der Waals surface area (Å²) in [7, 11) is 1.58. The highest BCUT2D eigenvalue weighted by molar-refractivity contribution is 5.99. The van der Waals surface area contributed by atoms with Crippen LogP contribution in [0.4, 0.5) is 0 Å². The molecule has 3 aromatic rings. The topological polar surface area (TPSA) is 69.0 Å². The molecule has 0 saturated carbocycles. The van der Waals surface area contributed by atoms with Crippen LogP contribution in [0.15, 0.2) is 58.3 Å². The highest BCUT2D eigenvalue weighted by atomic mass is 16.5. The lowest BCUT2D eigenvalue weighted by Gasteiger charge is -2.25. The third-order valence-corrected chi connectivity index (χ3v) is 5.68. The zero-order chi connectivity index (χ0) is 22.1. The van der Waals surface area contributed by atoms with Crippen molar-refractivity contribution in [3.63, 3.8) is 0 Å². The number of nitrogens with zero attached hydrogens (tertiary/aromatic N) is 1. The maximum atomic E-state index is 13.5. The van der Waals surface area contributed by atoms with Crippen LogP contribution >= 0.6 is 0 Å². The minimum Gasteiger partial charge on any atom is -0.490 e. The van der Waals surface area contributed by atoms with Crippen LogP contribution in [0.3, 0.4) is 0 Å². The molecular formula is C25H25NO5. The first-order chi connectivity index (χ1) is 15.0. The molecule has 1 aliphatic heterocycles. The van der Waals surface area contributed by atoms with E-state index in [0.717, 1.165) is 16.7 Å². The molecule has 0 N–H and O–H groups in total. The summed E-state index contributed by atoms with van der Waals surface area (Å²) in [5.74, 6) is 0.489. The second kappa shape index (κ2) is 8.40. The second-order valence-corrected chi connectivity index (χ2v) is 7.67. The Labute approximate surface area is 180 Å². The molecule has 1 aliphatic rings. The first-order valence-corrected chi connectivity index (χ1v) is 10.2. The normalized spacial score (nSPS) is 15.4. The van der Waals surface area contributed by atoms with Gasteiger partial charge in [-0.05, 0) is 54.8 Å². The summed E-state index contributed by atoms with van der Waals surface area (Å²) in [5, 5.41) is 0.485. The average Bonchev–Trinajstić information content (AvgIpc) is 3.04. The molecule has 31 heavy (non-hydrogen) atoms. The number of carbonyl (C=O) groups excluding carboxylic acids is 1. The van der Waals surface area contributed by atoms with Crippen LogP contribution in [0, 0.1) is 13.8 Å². The van der Waals surface area contributed by atoms with Gasteiger partial charge in [0, 0.05) is 13.7 Å². The molecule has 0 fully saturated rings. The summed E-state index contributed by atoms with van der Waals surface area (Å²) in [5.41, 5.74) is 3.44. The Hall–Kier alpha value is -3.38. The van der Waals surface area contributed by atoms with Gasteiger partial charge in [-0.3, -0.25) is 9.59 Å². The Kier molecular flexibility index (Phi) is 5.65. The Bertz CT molecular complexity index is 1210. The standard InChI is InChI=1S/C25H25NO5/c1-5-11-30-18-8-6-17(7-9-18)22-21-23(27)19-13-15(2)16(3)14-20(19)31-24(21)25(28)26(22)10-12-29-4/h5-9,13-14,22H,1,10-12H2,2-4H3. The number of aryl methyl sites for hydroxylation is 2. The Morgan fingerprint density at radius 2 is 1.84 bits per heavy atom. The van der Waals surface area contributed by atoms with Gasteiger partial charge < -0.3 is 18.8 Å². The lowest BCUT2D eigenvalue weighted by atomic mass is 9.97. The van der Waals surface area contributed by atoms with Crippen LogP contribution in [0.2, 0.25) is 0 Å². The van der Waals surface area contributed by atoms with E-state index in [1.807, 2.05) is 50.2 Å². The molecule has 0 radical (unpaired) electrons. The molecule has 6 nitrogen and oxygen atoms in total. The number of rotatable bonds is 7. The molecule has 1 atom stereocenters. The van der Waals surface area contributed by atoms with Crippen molar-refractivity contribution in [2.75, 3.05) is 26.9 Å². The summed E-state index contributed by atoms with van der Waals surface area (Å²) in [6.07, 6.45) is 1.67. The largest absolute Gasteiger partial charge is 0.490 e. The lowest BCUT2D eigenvalue weighted by Crippen LogP contribution is -2.32. The zero-order valence-electron chi connectivity index (χ0n) is 17.9. The van der Waals surface area contributed by atoms with Gasteiger partial charge in [-0.1, -0.05) is 24.8 Å². The average molecular weight is 419 g/mol. The van der Waals surface area contributed by atoms with E-state index in [0.29, 0.717) is 42.0 Å². The van der Waals surface area contributed by atoms with Crippen molar-refractivity contribution in [2.24, 2.45) is 0 Å². The van der Waals surface area contributed by atoms with Crippen LogP contribution in [0.25, 0.3) is 11.0 Å². The third kappa shape index (κ3) is 3.64. The quantitative estimate of drug-likeness (QED) is 0.538. The van der Waals surface area contributed by atoms with E-state index in [4.69, 9.17) is 13.9 Å². The van der Waals surface area contributed by atoms with Gasteiger partial charge in [0.15, 0.2) is 5.43 Å². The molecule has 2 heterocycles. The first kappa shape index (κ1) is 20.9. The smallest absolute Gasteiger partial charge is 0.290 e. The van der Waals surface area contributed by atoms with Gasteiger partial charge in [-0.2, -0.15) is 0 Å². The molecule has 4 rings (SSSR count). The van der Waals surface area contributed by atoms with Crippen molar-refractivity contribution in [2.45, 2.75) is 19.9 Å². The van der Waals surface area contributed by atoms with Crippen LogP contribution in [0.1, 0.15) is 38.9 Å². The predicted octanol–water partition coefficient (Wildman–Crippen LogP) is 4.17. The molecule has 0 saturated heterocycles. The van der Waals surface area contributed by atoms with E-state index in [-0.39, 0.29) is 17.1 Å². The Morgan fingerprint density at radius 3 is 2.52 bits per heavy atom. The van der Waals surface area contributed by atoms with Gasteiger partial charge in [0.2, 0.25) is 5.76 Å². The molecule has 1 aromatic heterocycles. The molecule has 160 valence electrons. The predicted molar refractivity (Wildman–Crippen MR) is 119 cm³/mol. The minimum absolute atomic E-state index is 0.105. The van der Waals surface area contributed by atoms with Crippen molar-refractivity contribution in [3.8, 4) is 5.75 Å². The van der Waals surface area contributed by atoms with E-state index in [9.17, 15) is 9.59 Å². The SMILES string of the molecule is C=CCOc1ccc(C2c3c(oc4cc(C)c(C)cc4c3=O)C(=O)N2CCOC)cc1. The van der Waals surface area contributed by atoms with Gasteiger partial charge in [0.05, 0.1) is 23.6 Å². The second-order valence-electron chi connectivity index (χ2n) is 7.67. The molecular weight excluding hydrogens is 394 g/mol. The fourth-order valence-corrected chi connectivity index (χ4v) is 3.94. The van der Waals surface area contributed by atoms with E-state index >= 15 is 0 Å². The fraction of sp³-hybridized carbons (Fsp3) is 0.280. The van der Waals surface area contributed by atoms with Crippen LogP contribution in [-0.2, 0) is 4.74 Å². The zero-order valence-corrected chi connectivity index (χ0v) is 17.9. The van der Waals surface area contributed by atoms with Crippen molar-refractivity contribution in [3.05, 3.63) is 87.3 Å². The summed E-state index contributed by atoms with van der Waals surface area (Å²) in [6.45, 7) is 8.65. The summed E-state index contributed by atoms with van der Waals surface area (Å²) >= 11 is 0. The number of hydrogen-bond acceptors (Lipinski definition) is 5. The third-order valence-electron chi connectivity index (χ3n) is 5.68. The van der Waals surface area contributed by atoms with Gasteiger partial charge >= 0.3 is 0 Å². The van der Waals surface area contributed by atoms with Crippen LogP contribution < -0.4 is 10.2 Å². The van der Waals surface area contributed by atoms with Crippen LogP contribution in [0.5, 0.6) is 5.75 Å². The van der Waals surface area contributed by atoms with Gasteiger partial charge in [-0.25, -0.2) is 0 Å². The van der Waals surface area contributed by atoms with E-state index in [1.54, 1.807) is 18.1 Å². The Morgan fingerprint density at radius 1 is 1.13 bits per heavy atom. The Balaban J connectivity index is 1.88. The molecule has 0 bridgehead atoms. The summed E-state index contributed by atoms with van der Waals surface area (Å²) < 4.78 is 16.8. The van der Waals surface area contributed by atoms with Crippen molar-refractivity contribution in [1.29, 1.82) is 0 Å². The fourth-order valence-electron chi connectivity index (χ4n) is 3.94. The first-order valence-electron chi connectivity index (χ1n) is 10.2. The number of hydrogen-bond donors (Lipinski definition) is 0. The molecule has 6 heteroatoms. The molecule has 1 amide bonds. The highest BCUT2D eigenvalue weighted by Crippen LogP contribution is 2.38. The monoisotopic (exact) mass is 419 g/mol. The molecule has 0 aliphatic carbocycles. The number of carbonyl (C=O) groups is 1. The maximum Gasteiger partial charge on any atom is 0.290 e. The number of ether oxygens (including phenoxy) is 2. The van der Waals surface area contributed by atoms with Crippen molar-refractivity contribution in [1.82, 2.24) is 4.90 Å². The summed E-state index contributed by atoms with van der Waals surface area (Å²) in [6, 6.07) is 10.5. The van der Waals surface area contributed by atoms with Gasteiger partial charge in [0.25, 0.3) is 5.91 Å². The summed E-state index contributed by atoms with van der Waals surface area (Å²) in [4.78, 5) is 28.4. The number of fused-ring (bicyclic) bond motifs is 2. The number of methoxy groups -OCH3 is 1. The van der Waals surface area contributed by atoms with Crippen LogP contribution in [-0.4, -0.2) is 37.7 Å². The van der Waals surface area contributed by atoms with Gasteiger partial charge in [0.1, 0.15) is 17.9 Å². The van der Waals surface area contributed by atoms with Crippen molar-refractivity contribution >= 4 is 16.9 Å². The molecule has 2 aromatic carbocycles. The maximum absolute atomic E-state index is 13.5. The van der Waals surface area contributed by atoms with E-state index < -0.39 is 6.04 Å². The molecule has 0 spiro atoms. The van der Waals surface area contributed by atoms with E-state index in [1.165, 1.54) is 0 Å². The highest BCUT2D eigenvalue weighted by Gasteiger charge is 2.42.